The molecule has 1 aromatic carbocycles. The van der Waals surface area contributed by atoms with Gasteiger partial charge in [0.05, 0.1) is 12.7 Å². The van der Waals surface area contributed by atoms with E-state index in [1.807, 2.05) is 0 Å². The summed E-state index contributed by atoms with van der Waals surface area (Å²) < 4.78 is 13.0. The molecule has 5 heteroatoms. The molecule has 0 radical (unpaired) electrons. The van der Waals surface area contributed by atoms with Crippen LogP contribution in [-0.2, 0) is 5.41 Å². The summed E-state index contributed by atoms with van der Waals surface area (Å²) in [7, 11) is 0. The molecule has 1 fully saturated rings. The number of hydrogen-bond acceptors (Lipinski definition) is 3. The number of nitrogens with zero attached hydrogens (tertiary/aromatic N) is 2. The molecule has 0 amide bonds. The van der Waals surface area contributed by atoms with Crippen LogP contribution >= 0.6 is 0 Å². The molecule has 1 aromatic rings. The molecule has 1 saturated heterocycles. The van der Waals surface area contributed by atoms with Crippen LogP contribution in [0.25, 0.3) is 0 Å². The maximum atomic E-state index is 13.0. The Kier molecular flexibility index (Phi) is 3.88. The minimum absolute atomic E-state index is 0.0512. The van der Waals surface area contributed by atoms with E-state index in [4.69, 9.17) is 5.26 Å². The molecule has 1 heterocycles. The molecule has 0 aromatic heterocycles. The van der Waals surface area contributed by atoms with E-state index < -0.39 is 5.41 Å². The molecule has 3 nitrogen and oxygen atoms in total. The van der Waals surface area contributed by atoms with Gasteiger partial charge in [0, 0.05) is 5.97 Å². The molecular formula is C14H14BFN2O. The van der Waals surface area contributed by atoms with Gasteiger partial charge in [0.25, 0.3) is 6.71 Å². The van der Waals surface area contributed by atoms with Crippen LogP contribution in [-0.4, -0.2) is 18.4 Å². The van der Waals surface area contributed by atoms with Gasteiger partial charge in [-0.15, -0.1) is 0 Å². The molecule has 2 atom stereocenters. The number of aliphatic hydroxyl groups excluding tert-OH is 1. The fraction of sp³-hybridized carbons (Fsp3) is 0.429. The molecule has 0 spiro atoms. The van der Waals surface area contributed by atoms with E-state index in [0.717, 1.165) is 12.7 Å². The van der Waals surface area contributed by atoms with Crippen LogP contribution < -0.4 is 0 Å². The third kappa shape index (κ3) is 2.34. The number of halogens is 1. The maximum Gasteiger partial charge on any atom is 0.268 e. The third-order valence-electron chi connectivity index (χ3n) is 4.12. The second-order valence-electron chi connectivity index (χ2n) is 5.08. The number of nitriles is 2. The fourth-order valence-electron chi connectivity index (χ4n) is 2.94. The highest BCUT2D eigenvalue weighted by molar-refractivity contribution is 6.67. The van der Waals surface area contributed by atoms with E-state index in [-0.39, 0.29) is 25.1 Å². The molecule has 1 N–H and O–H groups in total. The summed E-state index contributed by atoms with van der Waals surface area (Å²) in [6.45, 7) is -0.359. The van der Waals surface area contributed by atoms with Crippen molar-refractivity contribution in [3.8, 4) is 12.0 Å². The molecule has 2 unspecified atom stereocenters. The molecule has 2 rings (SSSR count). The summed E-state index contributed by atoms with van der Waals surface area (Å²) in [5, 5.41) is 28.2. The first-order valence-electron chi connectivity index (χ1n) is 6.34. The van der Waals surface area contributed by atoms with Crippen LogP contribution in [0.1, 0.15) is 12.0 Å². The van der Waals surface area contributed by atoms with Gasteiger partial charge in [-0.3, -0.25) is 0 Å². The predicted octanol–water partition coefficient (Wildman–Crippen LogP) is 2.16. The summed E-state index contributed by atoms with van der Waals surface area (Å²) in [5.41, 5.74) is -0.401. The molecule has 0 aliphatic carbocycles. The summed E-state index contributed by atoms with van der Waals surface area (Å²) in [6.07, 6.45) is 2.11. The van der Waals surface area contributed by atoms with Gasteiger partial charge < -0.3 is 5.11 Å². The zero-order chi connectivity index (χ0) is 13.9. The third-order valence-corrected chi connectivity index (χ3v) is 4.12. The van der Waals surface area contributed by atoms with E-state index >= 15 is 0 Å². The van der Waals surface area contributed by atoms with Gasteiger partial charge in [0.1, 0.15) is 11.2 Å². The first-order chi connectivity index (χ1) is 9.16. The predicted molar refractivity (Wildman–Crippen MR) is 69.9 cm³/mol. The lowest BCUT2D eigenvalue weighted by atomic mass is 9.49. The SMILES string of the molecule is N#CB1CCC(C(C#N)(CO)c2ccc(F)cc2)C1. The average molecular weight is 256 g/mol. The van der Waals surface area contributed by atoms with E-state index in [1.165, 1.54) is 12.1 Å². The largest absolute Gasteiger partial charge is 0.394 e. The summed E-state index contributed by atoms with van der Waals surface area (Å²) >= 11 is 0. The van der Waals surface area contributed by atoms with Crippen LogP contribution in [0.5, 0.6) is 0 Å². The average Bonchev–Trinajstić information content (AvgIpc) is 2.92. The highest BCUT2D eigenvalue weighted by Gasteiger charge is 2.45. The second kappa shape index (κ2) is 5.42. The van der Waals surface area contributed by atoms with Crippen LogP contribution in [0, 0.1) is 34.3 Å². The lowest BCUT2D eigenvalue weighted by Gasteiger charge is -2.31. The minimum Gasteiger partial charge on any atom is -0.394 e. The second-order valence-corrected chi connectivity index (χ2v) is 5.08. The molecule has 1 aliphatic heterocycles. The quantitative estimate of drug-likeness (QED) is 0.842. The highest BCUT2D eigenvalue weighted by atomic mass is 19.1. The van der Waals surface area contributed by atoms with Gasteiger partial charge in [-0.2, -0.15) is 5.26 Å². The number of rotatable bonds is 3. The molecule has 1 aliphatic rings. The summed E-state index contributed by atoms with van der Waals surface area (Å²) in [4.78, 5) is 0. The normalized spacial score (nSPS) is 21.5. The van der Waals surface area contributed by atoms with E-state index in [0.29, 0.717) is 11.9 Å². The van der Waals surface area contributed by atoms with Crippen molar-refractivity contribution in [3.63, 3.8) is 0 Å². The van der Waals surface area contributed by atoms with Crippen molar-refractivity contribution in [2.45, 2.75) is 24.5 Å². The van der Waals surface area contributed by atoms with Crippen molar-refractivity contribution in [1.29, 1.82) is 10.5 Å². The maximum absolute atomic E-state index is 13.0. The Balaban J connectivity index is 2.36. The Morgan fingerprint density at radius 3 is 2.53 bits per heavy atom. The van der Waals surface area contributed by atoms with Gasteiger partial charge in [-0.05, 0) is 23.6 Å². The molecular weight excluding hydrogens is 242 g/mol. The number of aliphatic hydroxyl groups is 1. The fourth-order valence-corrected chi connectivity index (χ4v) is 2.94. The van der Waals surface area contributed by atoms with Crippen LogP contribution in [0.3, 0.4) is 0 Å². The van der Waals surface area contributed by atoms with Crippen molar-refractivity contribution in [2.75, 3.05) is 6.61 Å². The van der Waals surface area contributed by atoms with E-state index in [1.54, 1.807) is 12.1 Å². The van der Waals surface area contributed by atoms with Crippen molar-refractivity contribution >= 4 is 6.71 Å². The molecule has 0 saturated carbocycles. The Hall–Kier alpha value is -1.85. The van der Waals surface area contributed by atoms with Crippen molar-refractivity contribution in [1.82, 2.24) is 0 Å². The minimum atomic E-state index is -1.03. The number of benzene rings is 1. The highest BCUT2D eigenvalue weighted by Crippen LogP contribution is 2.42. The van der Waals surface area contributed by atoms with Gasteiger partial charge in [0.2, 0.25) is 0 Å². The smallest absolute Gasteiger partial charge is 0.268 e. The zero-order valence-electron chi connectivity index (χ0n) is 10.5. The van der Waals surface area contributed by atoms with Gasteiger partial charge in [-0.1, -0.05) is 31.2 Å². The van der Waals surface area contributed by atoms with Crippen LogP contribution in [0.2, 0.25) is 12.6 Å². The summed E-state index contributed by atoms with van der Waals surface area (Å²) in [5.74, 6) is 1.80. The summed E-state index contributed by atoms with van der Waals surface area (Å²) in [6, 6.07) is 7.90. The first-order valence-corrected chi connectivity index (χ1v) is 6.34. The monoisotopic (exact) mass is 256 g/mol. The topological polar surface area (TPSA) is 67.8 Å². The zero-order valence-corrected chi connectivity index (χ0v) is 10.5. The van der Waals surface area contributed by atoms with Crippen LogP contribution in [0.4, 0.5) is 4.39 Å². The van der Waals surface area contributed by atoms with E-state index in [9.17, 15) is 14.8 Å². The molecule has 19 heavy (non-hydrogen) atoms. The van der Waals surface area contributed by atoms with Gasteiger partial charge >= 0.3 is 0 Å². The Morgan fingerprint density at radius 1 is 1.37 bits per heavy atom. The van der Waals surface area contributed by atoms with Crippen molar-refractivity contribution in [2.24, 2.45) is 5.92 Å². The first kappa shape index (κ1) is 13.6. The van der Waals surface area contributed by atoms with Crippen molar-refractivity contribution in [3.05, 3.63) is 35.6 Å². The molecule has 96 valence electrons. The van der Waals surface area contributed by atoms with Crippen LogP contribution in [0.15, 0.2) is 24.3 Å². The molecule has 0 bridgehead atoms. The Labute approximate surface area is 112 Å². The van der Waals surface area contributed by atoms with E-state index in [2.05, 4.69) is 12.0 Å². The Bertz CT molecular complexity index is 534. The lowest BCUT2D eigenvalue weighted by Crippen LogP contribution is -2.36. The number of hydrogen-bond donors (Lipinski definition) is 1. The van der Waals surface area contributed by atoms with Crippen molar-refractivity contribution < 1.29 is 9.50 Å². The lowest BCUT2D eigenvalue weighted by molar-refractivity contribution is 0.186. The van der Waals surface area contributed by atoms with Gasteiger partial charge in [0.15, 0.2) is 0 Å². The standard InChI is InChI=1S/C14H14BFN2O/c16-13-3-1-11(2-4-13)14(8-17,9-19)12-5-6-15(7-12)10-18/h1-4,12,19H,5-7,9H2. The van der Waals surface area contributed by atoms with Gasteiger partial charge in [-0.25, -0.2) is 9.65 Å². The Morgan fingerprint density at radius 2 is 2.05 bits per heavy atom.